The van der Waals surface area contributed by atoms with Gasteiger partial charge in [-0.2, -0.15) is 0 Å². The molecule has 20 heavy (non-hydrogen) atoms. The zero-order valence-corrected chi connectivity index (χ0v) is 11.7. The highest BCUT2D eigenvalue weighted by molar-refractivity contribution is 6.29. The van der Waals surface area contributed by atoms with E-state index < -0.39 is 0 Å². The highest BCUT2D eigenvalue weighted by Crippen LogP contribution is 2.23. The summed E-state index contributed by atoms with van der Waals surface area (Å²) in [5.41, 5.74) is 1.21. The predicted molar refractivity (Wildman–Crippen MR) is 78.6 cm³/mol. The Hall–Kier alpha value is -1.85. The molecule has 1 aromatic carbocycles. The van der Waals surface area contributed by atoms with Crippen molar-refractivity contribution in [2.45, 2.75) is 0 Å². The Morgan fingerprint density at radius 2 is 1.75 bits per heavy atom. The minimum absolute atomic E-state index is 0.353. The molecule has 6 heteroatoms. The smallest absolute Gasteiger partial charge is 0.238 e. The first-order valence-electron chi connectivity index (χ1n) is 6.54. The lowest BCUT2D eigenvalue weighted by Crippen LogP contribution is -2.43. The quantitative estimate of drug-likeness (QED) is 0.940. The van der Waals surface area contributed by atoms with Crippen molar-refractivity contribution in [1.29, 1.82) is 0 Å². The van der Waals surface area contributed by atoms with Crippen molar-refractivity contribution < 1.29 is 4.74 Å². The molecule has 5 nitrogen and oxygen atoms in total. The lowest BCUT2D eigenvalue weighted by molar-refractivity contribution is 0.455. The Morgan fingerprint density at radius 1 is 1.00 bits per heavy atom. The molecule has 0 atom stereocenters. The average Bonchev–Trinajstić information content (AvgIpc) is 2.51. The minimum atomic E-state index is 0.353. The topological polar surface area (TPSA) is 50.3 Å². The molecular weight excluding hydrogens is 276 g/mol. The lowest BCUT2D eigenvalue weighted by atomic mass is 10.2. The maximum atomic E-state index is 5.68. The molecule has 0 spiro atoms. The summed E-state index contributed by atoms with van der Waals surface area (Å²) in [6.45, 7) is 4.11. The van der Waals surface area contributed by atoms with Crippen LogP contribution in [0.2, 0.25) is 5.15 Å². The number of ether oxygens (including phenoxy) is 1. The van der Waals surface area contributed by atoms with Crippen molar-refractivity contribution in [3.63, 3.8) is 0 Å². The molecule has 104 valence electrons. The zero-order valence-electron chi connectivity index (χ0n) is 10.9. The number of aromatic nitrogens is 2. The molecule has 0 unspecified atom stereocenters. The molecule has 1 fully saturated rings. The second-order valence-electron chi connectivity index (χ2n) is 4.53. The molecule has 1 N–H and O–H groups in total. The summed E-state index contributed by atoms with van der Waals surface area (Å²) >= 11 is 5.68. The third-order valence-corrected chi connectivity index (χ3v) is 3.35. The summed E-state index contributed by atoms with van der Waals surface area (Å²) in [5.74, 6) is 1.17. The van der Waals surface area contributed by atoms with Crippen molar-refractivity contribution in [1.82, 2.24) is 15.5 Å². The minimum Gasteiger partial charge on any atom is -0.438 e. The molecule has 1 aliphatic rings. The van der Waals surface area contributed by atoms with Gasteiger partial charge in [-0.1, -0.05) is 11.6 Å². The number of hydrogen-bond acceptors (Lipinski definition) is 5. The lowest BCUT2D eigenvalue weighted by Gasteiger charge is -2.29. The van der Waals surface area contributed by atoms with Crippen molar-refractivity contribution in [3.05, 3.63) is 41.6 Å². The van der Waals surface area contributed by atoms with Crippen LogP contribution in [0.4, 0.5) is 5.69 Å². The molecule has 0 amide bonds. The maximum Gasteiger partial charge on any atom is 0.238 e. The van der Waals surface area contributed by atoms with Gasteiger partial charge in [-0.15, -0.1) is 10.2 Å². The molecule has 0 radical (unpaired) electrons. The molecule has 1 aromatic heterocycles. The van der Waals surface area contributed by atoms with Gasteiger partial charge in [-0.25, -0.2) is 0 Å². The fourth-order valence-corrected chi connectivity index (χ4v) is 2.23. The summed E-state index contributed by atoms with van der Waals surface area (Å²) in [7, 11) is 0. The van der Waals surface area contributed by atoms with Crippen molar-refractivity contribution in [2.24, 2.45) is 0 Å². The Balaban J connectivity index is 1.67. The molecule has 0 saturated carbocycles. The SMILES string of the molecule is Clc1ccc(Oc2ccc(N3CCNCC3)cc2)nn1. The third-order valence-electron chi connectivity index (χ3n) is 3.15. The van der Waals surface area contributed by atoms with E-state index in [9.17, 15) is 0 Å². The number of rotatable bonds is 3. The summed E-state index contributed by atoms with van der Waals surface area (Å²) in [5, 5.41) is 11.3. The fraction of sp³-hybridized carbons (Fsp3) is 0.286. The van der Waals surface area contributed by atoms with Gasteiger partial charge in [0, 0.05) is 37.9 Å². The number of nitrogens with one attached hydrogen (secondary N) is 1. The highest BCUT2D eigenvalue weighted by atomic mass is 35.5. The van der Waals surface area contributed by atoms with Gasteiger partial charge in [0.15, 0.2) is 5.15 Å². The number of nitrogens with zero attached hydrogens (tertiary/aromatic N) is 3. The first kappa shape index (κ1) is 13.1. The van der Waals surface area contributed by atoms with E-state index in [1.165, 1.54) is 5.69 Å². The van der Waals surface area contributed by atoms with Crippen LogP contribution in [0.1, 0.15) is 0 Å². The van der Waals surface area contributed by atoms with Crippen LogP contribution in [0.25, 0.3) is 0 Å². The normalized spacial score (nSPS) is 15.2. The van der Waals surface area contributed by atoms with Gasteiger partial charge in [-0.05, 0) is 30.3 Å². The van der Waals surface area contributed by atoms with E-state index in [4.69, 9.17) is 16.3 Å². The van der Waals surface area contributed by atoms with Crippen molar-refractivity contribution >= 4 is 17.3 Å². The van der Waals surface area contributed by atoms with E-state index >= 15 is 0 Å². The van der Waals surface area contributed by atoms with Crippen LogP contribution in [0.15, 0.2) is 36.4 Å². The average molecular weight is 291 g/mol. The van der Waals surface area contributed by atoms with Crippen LogP contribution in [0, 0.1) is 0 Å². The second kappa shape index (κ2) is 6.07. The molecule has 3 rings (SSSR count). The summed E-state index contributed by atoms with van der Waals surface area (Å²) in [4.78, 5) is 2.35. The van der Waals surface area contributed by atoms with E-state index in [2.05, 4.69) is 32.5 Å². The van der Waals surface area contributed by atoms with Gasteiger partial charge >= 0.3 is 0 Å². The molecule has 2 aromatic rings. The number of benzene rings is 1. The second-order valence-corrected chi connectivity index (χ2v) is 4.91. The molecule has 0 bridgehead atoms. The highest BCUT2D eigenvalue weighted by Gasteiger charge is 2.10. The van der Waals surface area contributed by atoms with E-state index in [-0.39, 0.29) is 0 Å². The number of anilines is 1. The number of piperazine rings is 1. The van der Waals surface area contributed by atoms with Crippen LogP contribution in [-0.2, 0) is 0 Å². The summed E-state index contributed by atoms with van der Waals surface area (Å²) in [6.07, 6.45) is 0. The standard InChI is InChI=1S/C14H15ClN4O/c15-13-5-6-14(18-17-13)20-12-3-1-11(2-4-12)19-9-7-16-8-10-19/h1-6,16H,7-10H2. The van der Waals surface area contributed by atoms with E-state index in [1.54, 1.807) is 12.1 Å². The molecule has 2 heterocycles. The number of halogens is 1. The zero-order chi connectivity index (χ0) is 13.8. The van der Waals surface area contributed by atoms with Crippen molar-refractivity contribution in [2.75, 3.05) is 31.1 Å². The molecule has 0 aliphatic carbocycles. The molecule has 1 saturated heterocycles. The molecule has 1 aliphatic heterocycles. The maximum absolute atomic E-state index is 5.68. The van der Waals surface area contributed by atoms with Gasteiger partial charge in [0.05, 0.1) is 0 Å². The summed E-state index contributed by atoms with van der Waals surface area (Å²) < 4.78 is 5.61. The van der Waals surface area contributed by atoms with Crippen LogP contribution >= 0.6 is 11.6 Å². The summed E-state index contributed by atoms with van der Waals surface area (Å²) in [6, 6.07) is 11.3. The van der Waals surface area contributed by atoms with Crippen LogP contribution in [0.5, 0.6) is 11.6 Å². The fourth-order valence-electron chi connectivity index (χ4n) is 2.13. The van der Waals surface area contributed by atoms with Gasteiger partial charge in [0.25, 0.3) is 0 Å². The van der Waals surface area contributed by atoms with Crippen LogP contribution < -0.4 is 15.0 Å². The first-order valence-corrected chi connectivity index (χ1v) is 6.92. The van der Waals surface area contributed by atoms with Crippen LogP contribution in [0.3, 0.4) is 0 Å². The molecular formula is C14H15ClN4O. The van der Waals surface area contributed by atoms with Gasteiger partial charge < -0.3 is 15.0 Å². The monoisotopic (exact) mass is 290 g/mol. The van der Waals surface area contributed by atoms with Gasteiger partial charge in [-0.3, -0.25) is 0 Å². The Morgan fingerprint density at radius 3 is 2.40 bits per heavy atom. The van der Waals surface area contributed by atoms with Gasteiger partial charge in [0.2, 0.25) is 5.88 Å². The Kier molecular flexibility index (Phi) is 3.99. The van der Waals surface area contributed by atoms with Crippen LogP contribution in [-0.4, -0.2) is 36.4 Å². The predicted octanol–water partition coefficient (Wildman–Crippen LogP) is 2.33. The van der Waals surface area contributed by atoms with E-state index in [0.29, 0.717) is 11.0 Å². The largest absolute Gasteiger partial charge is 0.438 e. The van der Waals surface area contributed by atoms with Crippen molar-refractivity contribution in [3.8, 4) is 11.6 Å². The van der Waals surface area contributed by atoms with Gasteiger partial charge in [0.1, 0.15) is 5.75 Å². The third kappa shape index (κ3) is 3.18. The first-order chi connectivity index (χ1) is 9.81. The Bertz CT molecular complexity index is 552. The van der Waals surface area contributed by atoms with E-state index in [0.717, 1.165) is 31.9 Å². The van der Waals surface area contributed by atoms with E-state index in [1.807, 2.05) is 12.1 Å². The Labute approximate surface area is 122 Å². The number of hydrogen-bond donors (Lipinski definition) is 1.